The highest BCUT2D eigenvalue weighted by Gasteiger charge is 2.15. The Kier molecular flexibility index (Phi) is 3.28. The predicted molar refractivity (Wildman–Crippen MR) is 80.8 cm³/mol. The summed E-state index contributed by atoms with van der Waals surface area (Å²) in [6.45, 7) is 2.00. The van der Waals surface area contributed by atoms with Crippen LogP contribution in [0.4, 0.5) is 0 Å². The molecule has 0 saturated heterocycles. The van der Waals surface area contributed by atoms with Gasteiger partial charge in [0.05, 0.1) is 0 Å². The van der Waals surface area contributed by atoms with E-state index in [1.807, 2.05) is 31.2 Å². The molecule has 0 heterocycles. The van der Waals surface area contributed by atoms with Gasteiger partial charge in [0.25, 0.3) is 0 Å². The summed E-state index contributed by atoms with van der Waals surface area (Å²) in [6, 6.07) is 12.0. The van der Waals surface area contributed by atoms with Crippen LogP contribution in [-0.2, 0) is 12.8 Å². The molecule has 3 rings (SSSR count). The number of carbonyl (C=O) groups excluding carboxylic acids is 1. The van der Waals surface area contributed by atoms with Gasteiger partial charge in [-0.05, 0) is 67.1 Å². The van der Waals surface area contributed by atoms with Crippen LogP contribution in [0.2, 0.25) is 0 Å². The minimum Gasteiger partial charge on any atom is -0.289 e. The molecular weight excluding hydrogens is 300 g/mol. The lowest BCUT2D eigenvalue weighted by atomic mass is 9.98. The second-order valence-electron chi connectivity index (χ2n) is 5.18. The Morgan fingerprint density at radius 2 is 1.79 bits per heavy atom. The first-order valence-electron chi connectivity index (χ1n) is 6.57. The van der Waals surface area contributed by atoms with Crippen LogP contribution in [0, 0.1) is 6.92 Å². The van der Waals surface area contributed by atoms with Crippen molar-refractivity contribution in [2.45, 2.75) is 26.2 Å². The van der Waals surface area contributed by atoms with Crippen molar-refractivity contribution >= 4 is 21.7 Å². The Balaban J connectivity index is 1.99. The fourth-order valence-electron chi connectivity index (χ4n) is 2.75. The maximum atomic E-state index is 12.5. The maximum absolute atomic E-state index is 12.5. The molecule has 0 radical (unpaired) electrons. The van der Waals surface area contributed by atoms with Crippen molar-refractivity contribution in [1.82, 2.24) is 0 Å². The Morgan fingerprint density at radius 3 is 2.58 bits per heavy atom. The van der Waals surface area contributed by atoms with Crippen molar-refractivity contribution in [3.8, 4) is 0 Å². The molecule has 19 heavy (non-hydrogen) atoms. The molecule has 0 aromatic heterocycles. The van der Waals surface area contributed by atoms with Crippen LogP contribution in [0.15, 0.2) is 40.9 Å². The van der Waals surface area contributed by atoms with Gasteiger partial charge >= 0.3 is 0 Å². The number of halogens is 1. The second-order valence-corrected chi connectivity index (χ2v) is 6.10. The molecule has 0 atom stereocenters. The molecule has 2 aromatic rings. The summed E-state index contributed by atoms with van der Waals surface area (Å²) in [5.74, 6) is 0.110. The number of aryl methyl sites for hydroxylation is 3. The molecule has 0 fully saturated rings. The largest absolute Gasteiger partial charge is 0.289 e. The lowest BCUT2D eigenvalue weighted by Gasteiger charge is -2.06. The van der Waals surface area contributed by atoms with Gasteiger partial charge in [-0.25, -0.2) is 0 Å². The van der Waals surface area contributed by atoms with Crippen LogP contribution in [0.25, 0.3) is 0 Å². The van der Waals surface area contributed by atoms with Crippen molar-refractivity contribution in [3.05, 3.63) is 68.7 Å². The monoisotopic (exact) mass is 314 g/mol. The molecule has 0 N–H and O–H groups in total. The number of hydrogen-bond donors (Lipinski definition) is 0. The third-order valence-electron chi connectivity index (χ3n) is 3.66. The van der Waals surface area contributed by atoms with Crippen LogP contribution in [0.5, 0.6) is 0 Å². The zero-order chi connectivity index (χ0) is 13.4. The van der Waals surface area contributed by atoms with Crippen LogP contribution >= 0.6 is 15.9 Å². The molecule has 1 aliphatic rings. The number of rotatable bonds is 2. The highest BCUT2D eigenvalue weighted by molar-refractivity contribution is 9.10. The fourth-order valence-corrected chi connectivity index (χ4v) is 3.35. The molecule has 0 amide bonds. The molecule has 2 aromatic carbocycles. The van der Waals surface area contributed by atoms with Gasteiger partial charge in [0.2, 0.25) is 0 Å². The predicted octanol–water partition coefficient (Wildman–Crippen LogP) is 4.48. The highest BCUT2D eigenvalue weighted by Crippen LogP contribution is 2.25. The zero-order valence-electron chi connectivity index (χ0n) is 10.9. The normalized spacial score (nSPS) is 13.4. The smallest absolute Gasteiger partial charge is 0.193 e. The van der Waals surface area contributed by atoms with Gasteiger partial charge < -0.3 is 0 Å². The molecule has 1 aliphatic carbocycles. The van der Waals surface area contributed by atoms with Crippen molar-refractivity contribution in [2.24, 2.45) is 0 Å². The zero-order valence-corrected chi connectivity index (χ0v) is 12.5. The van der Waals surface area contributed by atoms with E-state index in [0.29, 0.717) is 0 Å². The Labute approximate surface area is 121 Å². The van der Waals surface area contributed by atoms with E-state index in [2.05, 4.69) is 28.1 Å². The average Bonchev–Trinajstić information content (AvgIpc) is 2.83. The van der Waals surface area contributed by atoms with E-state index in [0.717, 1.165) is 34.0 Å². The Morgan fingerprint density at radius 1 is 1.00 bits per heavy atom. The molecular formula is C17H15BrO. The van der Waals surface area contributed by atoms with Crippen molar-refractivity contribution in [1.29, 1.82) is 0 Å². The molecule has 96 valence electrons. The first-order chi connectivity index (χ1) is 9.13. The van der Waals surface area contributed by atoms with Crippen LogP contribution in [0.1, 0.15) is 39.0 Å². The number of ketones is 1. The SMILES string of the molecule is Cc1cc(Br)cc(C(=O)c2ccc3c(c2)CCC3)c1. The summed E-state index contributed by atoms with van der Waals surface area (Å²) in [5.41, 5.74) is 5.40. The molecule has 2 heteroatoms. The van der Waals surface area contributed by atoms with Crippen LogP contribution in [0.3, 0.4) is 0 Å². The van der Waals surface area contributed by atoms with Crippen LogP contribution in [-0.4, -0.2) is 5.78 Å². The third-order valence-corrected chi connectivity index (χ3v) is 4.12. The number of carbonyl (C=O) groups is 1. The molecule has 0 aliphatic heterocycles. The maximum Gasteiger partial charge on any atom is 0.193 e. The summed E-state index contributed by atoms with van der Waals surface area (Å²) in [5, 5.41) is 0. The third kappa shape index (κ3) is 2.50. The van der Waals surface area contributed by atoms with Gasteiger partial charge in [-0.1, -0.05) is 28.1 Å². The Bertz CT molecular complexity index is 638. The molecule has 0 unspecified atom stereocenters. The lowest BCUT2D eigenvalue weighted by molar-refractivity contribution is 0.103. The van der Waals surface area contributed by atoms with E-state index in [4.69, 9.17) is 0 Å². The standard InChI is InChI=1S/C17H15BrO/c1-11-7-15(10-16(18)8-11)17(19)14-6-5-12-3-2-4-13(12)9-14/h5-10H,2-4H2,1H3. The topological polar surface area (TPSA) is 17.1 Å². The minimum absolute atomic E-state index is 0.110. The van der Waals surface area contributed by atoms with Gasteiger partial charge in [0.15, 0.2) is 5.78 Å². The summed E-state index contributed by atoms with van der Waals surface area (Å²) in [6.07, 6.45) is 3.47. The fraction of sp³-hybridized carbons (Fsp3) is 0.235. The highest BCUT2D eigenvalue weighted by atomic mass is 79.9. The number of hydrogen-bond acceptors (Lipinski definition) is 1. The quantitative estimate of drug-likeness (QED) is 0.747. The van der Waals surface area contributed by atoms with Crippen molar-refractivity contribution < 1.29 is 4.79 Å². The van der Waals surface area contributed by atoms with E-state index in [1.54, 1.807) is 0 Å². The number of benzene rings is 2. The second kappa shape index (κ2) is 4.93. The van der Waals surface area contributed by atoms with E-state index < -0.39 is 0 Å². The first-order valence-corrected chi connectivity index (χ1v) is 7.36. The summed E-state index contributed by atoms with van der Waals surface area (Å²) >= 11 is 3.45. The first kappa shape index (κ1) is 12.6. The molecule has 1 nitrogen and oxygen atoms in total. The summed E-state index contributed by atoms with van der Waals surface area (Å²) in [7, 11) is 0. The Hall–Kier alpha value is -1.41. The van der Waals surface area contributed by atoms with E-state index in [9.17, 15) is 4.79 Å². The van der Waals surface area contributed by atoms with Gasteiger partial charge in [0, 0.05) is 15.6 Å². The number of fused-ring (bicyclic) bond motifs is 1. The molecule has 0 saturated carbocycles. The van der Waals surface area contributed by atoms with Gasteiger partial charge in [-0.3, -0.25) is 4.79 Å². The summed E-state index contributed by atoms with van der Waals surface area (Å²) in [4.78, 5) is 12.5. The molecule has 0 spiro atoms. The lowest BCUT2D eigenvalue weighted by Crippen LogP contribution is -2.02. The summed E-state index contributed by atoms with van der Waals surface area (Å²) < 4.78 is 0.956. The van der Waals surface area contributed by atoms with Gasteiger partial charge in [-0.2, -0.15) is 0 Å². The van der Waals surface area contributed by atoms with Crippen LogP contribution < -0.4 is 0 Å². The van der Waals surface area contributed by atoms with E-state index >= 15 is 0 Å². The van der Waals surface area contributed by atoms with Gasteiger partial charge in [0.1, 0.15) is 0 Å². The average molecular weight is 315 g/mol. The van der Waals surface area contributed by atoms with Crippen molar-refractivity contribution in [2.75, 3.05) is 0 Å². The van der Waals surface area contributed by atoms with Crippen molar-refractivity contribution in [3.63, 3.8) is 0 Å². The van der Waals surface area contributed by atoms with Gasteiger partial charge in [-0.15, -0.1) is 0 Å². The molecule has 0 bridgehead atoms. The minimum atomic E-state index is 0.110. The van der Waals surface area contributed by atoms with E-state index in [1.165, 1.54) is 17.5 Å². The van der Waals surface area contributed by atoms with E-state index in [-0.39, 0.29) is 5.78 Å².